The number of piperidine rings is 2. The van der Waals surface area contributed by atoms with Gasteiger partial charge in [-0.25, -0.2) is 0 Å². The van der Waals surface area contributed by atoms with Crippen molar-refractivity contribution in [3.05, 3.63) is 74.5 Å². The normalized spacial score (nSPS) is 23.8. The number of nitrogens with one attached hydrogen (secondary N) is 3. The number of fused-ring (bicyclic) bond motifs is 4. The molecular weight excluding hydrogens is 737 g/mol. The average molecular weight is 789 g/mol. The number of hydrogen-bond acceptors (Lipinski definition) is 9. The molecule has 9 rings (SSSR count). The minimum atomic E-state index is -1.01. The third kappa shape index (κ3) is 6.88. The maximum absolute atomic E-state index is 13.6. The molecule has 14 nitrogen and oxygen atoms in total. The Hall–Kier alpha value is -5.37. The Kier molecular flexibility index (Phi) is 9.93. The van der Waals surface area contributed by atoms with Crippen LogP contribution in [0.1, 0.15) is 120 Å². The molecule has 6 aliphatic heterocycles. The topological polar surface area (TPSA) is 167 Å². The summed E-state index contributed by atoms with van der Waals surface area (Å²) >= 11 is 0. The summed E-state index contributed by atoms with van der Waals surface area (Å²) in [6.45, 7) is 8.06. The first-order valence-corrected chi connectivity index (χ1v) is 21.1. The lowest BCUT2D eigenvalue weighted by Gasteiger charge is -2.39. The van der Waals surface area contributed by atoms with Crippen LogP contribution in [-0.4, -0.2) is 112 Å². The summed E-state index contributed by atoms with van der Waals surface area (Å²) in [6, 6.07) is 7.32. The Bertz CT molecular complexity index is 2140. The lowest BCUT2D eigenvalue weighted by atomic mass is 9.81. The first kappa shape index (κ1) is 38.2. The van der Waals surface area contributed by atoms with E-state index in [1.54, 1.807) is 19.1 Å². The van der Waals surface area contributed by atoms with Gasteiger partial charge in [0.2, 0.25) is 23.6 Å². The molecule has 0 spiro atoms. The highest BCUT2D eigenvalue weighted by molar-refractivity contribution is 6.23. The molecule has 2 atom stereocenters. The number of likely N-dealkylation sites (tertiary alicyclic amines) is 1. The van der Waals surface area contributed by atoms with Crippen LogP contribution in [0.2, 0.25) is 0 Å². The Morgan fingerprint density at radius 2 is 1.48 bits per heavy atom. The van der Waals surface area contributed by atoms with Crippen LogP contribution >= 0.6 is 0 Å². The summed E-state index contributed by atoms with van der Waals surface area (Å²) in [7, 11) is 0. The Balaban J connectivity index is 0.830. The van der Waals surface area contributed by atoms with Gasteiger partial charge in [-0.2, -0.15) is 0 Å². The predicted octanol–water partition coefficient (Wildman–Crippen LogP) is 3.36. The molecule has 0 bridgehead atoms. The van der Waals surface area contributed by atoms with Crippen LogP contribution < -0.4 is 15.5 Å². The van der Waals surface area contributed by atoms with Crippen LogP contribution in [-0.2, 0) is 45.1 Å². The van der Waals surface area contributed by atoms with E-state index in [9.17, 15) is 34.2 Å². The average Bonchev–Trinajstić information content (AvgIpc) is 3.71. The number of nitrogens with zero attached hydrogens (tertiary/aromatic N) is 5. The van der Waals surface area contributed by atoms with E-state index in [4.69, 9.17) is 0 Å². The summed E-state index contributed by atoms with van der Waals surface area (Å²) in [6.07, 6.45) is 7.91. The number of amides is 6. The fourth-order valence-electron chi connectivity index (χ4n) is 10.3. The SMILES string of the molecule is CC(=O)N1CCC(NC2CCN(C(=O)CN3Cc4cc5c(cc4C3)C(=O)N(C3CCC(=O)NC3=O)C5=O)CC2)=C(C(=N)N2CCCc3cc4c(cc32)C(C)CCC4)C1. The third-order valence-electron chi connectivity index (χ3n) is 13.6. The smallest absolute Gasteiger partial charge is 0.262 e. The molecule has 2 saturated heterocycles. The largest absolute Gasteiger partial charge is 0.385 e. The fourth-order valence-corrected chi connectivity index (χ4v) is 10.3. The van der Waals surface area contributed by atoms with Gasteiger partial charge in [0.05, 0.1) is 24.2 Å². The molecule has 58 heavy (non-hydrogen) atoms. The fraction of sp³-hybridized carbons (Fsp3) is 0.523. The number of amidine groups is 1. The lowest BCUT2D eigenvalue weighted by molar-refractivity contribution is -0.136. The molecule has 304 valence electrons. The monoisotopic (exact) mass is 788 g/mol. The van der Waals surface area contributed by atoms with E-state index < -0.39 is 29.7 Å². The van der Waals surface area contributed by atoms with Crippen LogP contribution in [0.15, 0.2) is 35.5 Å². The number of rotatable bonds is 6. The minimum absolute atomic E-state index is 0.0155. The van der Waals surface area contributed by atoms with Crippen LogP contribution in [0.5, 0.6) is 0 Å². The van der Waals surface area contributed by atoms with Crippen LogP contribution in [0.4, 0.5) is 5.69 Å². The summed E-state index contributed by atoms with van der Waals surface area (Å²) in [5, 5.41) is 15.6. The zero-order valence-corrected chi connectivity index (χ0v) is 33.5. The van der Waals surface area contributed by atoms with Gasteiger partial charge in [0.15, 0.2) is 0 Å². The van der Waals surface area contributed by atoms with Gasteiger partial charge < -0.3 is 20.0 Å². The predicted molar refractivity (Wildman–Crippen MR) is 215 cm³/mol. The molecule has 14 heteroatoms. The van der Waals surface area contributed by atoms with Gasteiger partial charge in [0.25, 0.3) is 11.8 Å². The van der Waals surface area contributed by atoms with Gasteiger partial charge in [-0.05, 0) is 103 Å². The molecule has 2 unspecified atom stereocenters. The Morgan fingerprint density at radius 3 is 2.17 bits per heavy atom. The van der Waals surface area contributed by atoms with E-state index in [0.29, 0.717) is 57.4 Å². The zero-order valence-electron chi connectivity index (χ0n) is 33.5. The van der Waals surface area contributed by atoms with Crippen LogP contribution in [0.3, 0.4) is 0 Å². The number of anilines is 1. The van der Waals surface area contributed by atoms with Gasteiger partial charge in [-0.15, -0.1) is 0 Å². The number of hydrogen-bond donors (Lipinski definition) is 3. The van der Waals surface area contributed by atoms with Gasteiger partial charge in [-0.1, -0.05) is 13.0 Å². The van der Waals surface area contributed by atoms with E-state index >= 15 is 0 Å². The van der Waals surface area contributed by atoms with Crippen molar-refractivity contribution in [1.82, 2.24) is 30.2 Å². The maximum atomic E-state index is 13.6. The molecule has 1 aliphatic carbocycles. The second-order valence-corrected chi connectivity index (χ2v) is 17.3. The molecule has 2 fully saturated rings. The minimum Gasteiger partial charge on any atom is -0.385 e. The van der Waals surface area contributed by atoms with E-state index in [1.165, 1.54) is 29.5 Å². The van der Waals surface area contributed by atoms with E-state index in [2.05, 4.69) is 34.6 Å². The Labute approximate surface area is 338 Å². The van der Waals surface area contributed by atoms with Crippen molar-refractivity contribution in [2.24, 2.45) is 0 Å². The molecule has 6 heterocycles. The number of carbonyl (C=O) groups excluding carboxylic acids is 6. The van der Waals surface area contributed by atoms with Crippen molar-refractivity contribution in [2.45, 2.75) is 109 Å². The zero-order chi connectivity index (χ0) is 40.4. The van der Waals surface area contributed by atoms with Gasteiger partial charge in [-0.3, -0.25) is 49.3 Å². The molecule has 0 saturated carbocycles. The number of aryl methyl sites for hydroxylation is 2. The van der Waals surface area contributed by atoms with Crippen molar-refractivity contribution in [2.75, 3.05) is 44.2 Å². The van der Waals surface area contributed by atoms with E-state index in [1.807, 2.05) is 14.7 Å². The highest BCUT2D eigenvalue weighted by atomic mass is 16.2. The van der Waals surface area contributed by atoms with E-state index in [-0.39, 0.29) is 48.4 Å². The summed E-state index contributed by atoms with van der Waals surface area (Å²) in [4.78, 5) is 85.9. The first-order chi connectivity index (χ1) is 27.9. The molecule has 3 N–H and O–H groups in total. The third-order valence-corrected chi connectivity index (χ3v) is 13.6. The Morgan fingerprint density at radius 1 is 0.776 bits per heavy atom. The quantitative estimate of drug-likeness (QED) is 0.226. The second kappa shape index (κ2) is 15.1. The van der Waals surface area contributed by atoms with Gasteiger partial charge >= 0.3 is 0 Å². The maximum Gasteiger partial charge on any atom is 0.262 e. The standard InChI is InChI=1S/C44H52N8O6/c1-25-5-3-6-27-17-28-7-4-13-51(38(28)20-32(25)27)41(45)35-23-50(26(2)53)16-12-36(35)46-31-10-14-49(15-11-31)40(55)24-48-21-29-18-33-34(19-30(29)22-48)44(58)52(43(33)57)37-8-9-39(54)47-42(37)56/h17-20,25,31,37,45-46H,3-16,21-24H2,1-2H3,(H,47,54,56). The van der Waals surface area contributed by atoms with E-state index in [0.717, 1.165) is 71.6 Å². The van der Waals surface area contributed by atoms with Crippen molar-refractivity contribution >= 4 is 47.0 Å². The van der Waals surface area contributed by atoms with Crippen molar-refractivity contribution in [3.8, 4) is 0 Å². The first-order valence-electron chi connectivity index (χ1n) is 21.1. The van der Waals surface area contributed by atoms with Crippen LogP contribution in [0, 0.1) is 5.41 Å². The molecule has 0 aromatic heterocycles. The summed E-state index contributed by atoms with van der Waals surface area (Å²) in [5.74, 6) is -1.07. The van der Waals surface area contributed by atoms with Crippen molar-refractivity contribution in [1.29, 1.82) is 5.41 Å². The molecule has 2 aromatic rings. The lowest BCUT2D eigenvalue weighted by Crippen LogP contribution is -2.54. The molecular formula is C44H52N8O6. The molecule has 7 aliphatic rings. The highest BCUT2D eigenvalue weighted by Crippen LogP contribution is 2.39. The molecule has 2 aromatic carbocycles. The number of carbonyl (C=O) groups is 6. The number of benzene rings is 2. The van der Waals surface area contributed by atoms with Crippen molar-refractivity contribution < 1.29 is 28.8 Å². The molecule has 0 radical (unpaired) electrons. The summed E-state index contributed by atoms with van der Waals surface area (Å²) < 4.78 is 0. The van der Waals surface area contributed by atoms with Crippen molar-refractivity contribution in [3.63, 3.8) is 0 Å². The van der Waals surface area contributed by atoms with Gasteiger partial charge in [0, 0.05) is 82.0 Å². The highest BCUT2D eigenvalue weighted by Gasteiger charge is 2.45. The van der Waals surface area contributed by atoms with Gasteiger partial charge in [0.1, 0.15) is 11.9 Å². The van der Waals surface area contributed by atoms with Crippen LogP contribution in [0.25, 0.3) is 0 Å². The number of imide groups is 2. The second-order valence-electron chi connectivity index (χ2n) is 17.3. The summed E-state index contributed by atoms with van der Waals surface area (Å²) in [5.41, 5.74) is 9.53. The molecule has 6 amide bonds.